The Morgan fingerprint density at radius 2 is 1.94 bits per heavy atom. The van der Waals surface area contributed by atoms with Gasteiger partial charge in [-0.2, -0.15) is 5.10 Å². The molecule has 5 aromatic rings. The molecule has 2 aromatic carbocycles. The van der Waals surface area contributed by atoms with Crippen molar-refractivity contribution in [2.24, 2.45) is 0 Å². The van der Waals surface area contributed by atoms with Gasteiger partial charge in [-0.1, -0.05) is 29.5 Å². The van der Waals surface area contributed by atoms with Crippen LogP contribution in [0.5, 0.6) is 5.75 Å². The number of anilines is 1. The highest BCUT2D eigenvalue weighted by Crippen LogP contribution is 2.34. The molecule has 0 fully saturated rings. The van der Waals surface area contributed by atoms with Crippen LogP contribution in [0.3, 0.4) is 0 Å². The van der Waals surface area contributed by atoms with Gasteiger partial charge in [0.2, 0.25) is 0 Å². The van der Waals surface area contributed by atoms with Crippen LogP contribution >= 0.6 is 0 Å². The molecule has 0 aliphatic carbocycles. The second-order valence-electron chi connectivity index (χ2n) is 7.20. The second-order valence-corrected chi connectivity index (χ2v) is 7.20. The van der Waals surface area contributed by atoms with E-state index < -0.39 is 0 Å². The number of hydrogen-bond donors (Lipinski definition) is 1. The molecule has 3 heterocycles. The molecule has 0 saturated heterocycles. The molecule has 10 heteroatoms. The van der Waals surface area contributed by atoms with Crippen LogP contribution < -0.4 is 10.5 Å². The number of ether oxygens (including phenoxy) is 1. The zero-order valence-corrected chi connectivity index (χ0v) is 17.3. The van der Waals surface area contributed by atoms with Crippen LogP contribution in [0.2, 0.25) is 0 Å². The Morgan fingerprint density at radius 1 is 1.09 bits per heavy atom. The quantitative estimate of drug-likeness (QED) is 0.455. The largest absolute Gasteiger partial charge is 0.497 e. The number of benzene rings is 2. The van der Waals surface area contributed by atoms with E-state index in [1.165, 1.54) is 17.1 Å². The van der Waals surface area contributed by atoms with Crippen molar-refractivity contribution in [2.45, 2.75) is 13.0 Å². The van der Waals surface area contributed by atoms with Gasteiger partial charge in [0.25, 0.3) is 0 Å². The third-order valence-electron chi connectivity index (χ3n) is 5.27. The SMILES string of the molecule is COc1cccc(-c2nn(C(C)c3cn(-c4ccccc4F)nn3)c3ncnc(N)c23)c1. The summed E-state index contributed by atoms with van der Waals surface area (Å²) in [5.74, 6) is 0.629. The summed E-state index contributed by atoms with van der Waals surface area (Å²) in [7, 11) is 1.61. The van der Waals surface area contributed by atoms with Gasteiger partial charge in [0.15, 0.2) is 5.65 Å². The van der Waals surface area contributed by atoms with Crippen LogP contribution in [0.1, 0.15) is 18.7 Å². The monoisotopic (exact) mass is 430 g/mol. The van der Waals surface area contributed by atoms with Crippen molar-refractivity contribution in [3.63, 3.8) is 0 Å². The summed E-state index contributed by atoms with van der Waals surface area (Å²) in [6, 6.07) is 13.5. The highest BCUT2D eigenvalue weighted by molar-refractivity contribution is 5.98. The minimum atomic E-state index is -0.387. The summed E-state index contributed by atoms with van der Waals surface area (Å²) in [6.45, 7) is 1.91. The number of nitrogen functional groups attached to an aromatic ring is 1. The highest BCUT2D eigenvalue weighted by Gasteiger charge is 2.23. The fourth-order valence-corrected chi connectivity index (χ4v) is 3.59. The molecule has 0 amide bonds. The maximum absolute atomic E-state index is 14.2. The lowest BCUT2D eigenvalue weighted by atomic mass is 10.1. The average molecular weight is 430 g/mol. The molecule has 5 rings (SSSR count). The summed E-state index contributed by atoms with van der Waals surface area (Å²) >= 11 is 0. The Bertz CT molecular complexity index is 1430. The van der Waals surface area contributed by atoms with Gasteiger partial charge in [-0.3, -0.25) is 0 Å². The second kappa shape index (κ2) is 7.73. The lowest BCUT2D eigenvalue weighted by Gasteiger charge is -2.09. The fraction of sp³-hybridized carbons (Fsp3) is 0.136. The number of fused-ring (bicyclic) bond motifs is 1. The predicted molar refractivity (Wildman–Crippen MR) is 117 cm³/mol. The van der Waals surface area contributed by atoms with E-state index in [-0.39, 0.29) is 11.9 Å². The molecule has 0 spiro atoms. The first-order chi connectivity index (χ1) is 15.6. The molecule has 9 nitrogen and oxygen atoms in total. The van der Waals surface area contributed by atoms with Gasteiger partial charge in [0.1, 0.15) is 40.8 Å². The minimum Gasteiger partial charge on any atom is -0.497 e. The van der Waals surface area contributed by atoms with E-state index in [0.29, 0.717) is 39.7 Å². The molecule has 0 radical (unpaired) electrons. The predicted octanol–water partition coefficient (Wildman–Crippen LogP) is 3.41. The van der Waals surface area contributed by atoms with E-state index in [1.807, 2.05) is 31.2 Å². The zero-order chi connectivity index (χ0) is 22.2. The molecule has 0 bridgehead atoms. The van der Waals surface area contributed by atoms with Crippen LogP contribution in [0.15, 0.2) is 61.1 Å². The summed E-state index contributed by atoms with van der Waals surface area (Å²) in [5.41, 5.74) is 9.11. The number of rotatable bonds is 5. The Morgan fingerprint density at radius 3 is 2.75 bits per heavy atom. The van der Waals surface area contributed by atoms with Crippen LogP contribution in [0.25, 0.3) is 28.0 Å². The topological polar surface area (TPSA) is 110 Å². The molecule has 2 N–H and O–H groups in total. The first-order valence-corrected chi connectivity index (χ1v) is 9.87. The standard InChI is InChI=1S/C22H19FN8O/c1-13(17-11-30(29-27-17)18-9-4-3-8-16(18)23)31-22-19(21(24)25-12-26-22)20(28-31)14-6-5-7-15(10-14)32-2/h3-13H,1-2H3,(H2,24,25,26). The average Bonchev–Trinajstić information content (AvgIpc) is 3.45. The lowest BCUT2D eigenvalue weighted by Crippen LogP contribution is -2.10. The Labute approximate surface area is 182 Å². The molecule has 32 heavy (non-hydrogen) atoms. The van der Waals surface area contributed by atoms with Gasteiger partial charge in [-0.05, 0) is 31.2 Å². The van der Waals surface area contributed by atoms with Crippen LogP contribution in [0, 0.1) is 5.82 Å². The van der Waals surface area contributed by atoms with Crippen molar-refractivity contribution >= 4 is 16.9 Å². The normalized spacial score (nSPS) is 12.2. The van der Waals surface area contributed by atoms with Crippen molar-refractivity contribution in [3.8, 4) is 22.7 Å². The van der Waals surface area contributed by atoms with Gasteiger partial charge < -0.3 is 10.5 Å². The summed E-state index contributed by atoms with van der Waals surface area (Å²) < 4.78 is 22.6. The van der Waals surface area contributed by atoms with E-state index in [1.54, 1.807) is 36.2 Å². The Kier molecular flexibility index (Phi) is 4.74. The van der Waals surface area contributed by atoms with Gasteiger partial charge in [-0.25, -0.2) is 23.7 Å². The van der Waals surface area contributed by atoms with Crippen molar-refractivity contribution in [2.75, 3.05) is 12.8 Å². The van der Waals surface area contributed by atoms with Crippen molar-refractivity contribution in [1.82, 2.24) is 34.7 Å². The minimum absolute atomic E-state index is 0.312. The van der Waals surface area contributed by atoms with E-state index in [4.69, 9.17) is 15.6 Å². The van der Waals surface area contributed by atoms with E-state index in [9.17, 15) is 4.39 Å². The van der Waals surface area contributed by atoms with Crippen molar-refractivity contribution in [3.05, 3.63) is 72.6 Å². The first-order valence-electron chi connectivity index (χ1n) is 9.87. The van der Waals surface area contributed by atoms with Gasteiger partial charge in [0, 0.05) is 5.56 Å². The summed E-state index contributed by atoms with van der Waals surface area (Å²) in [5, 5.41) is 13.8. The summed E-state index contributed by atoms with van der Waals surface area (Å²) in [4.78, 5) is 8.56. The van der Waals surface area contributed by atoms with Crippen molar-refractivity contribution in [1.29, 1.82) is 0 Å². The van der Waals surface area contributed by atoms with Gasteiger partial charge in [0.05, 0.1) is 24.7 Å². The molecule has 0 aliphatic heterocycles. The Hall–Kier alpha value is -4.34. The molecule has 1 atom stereocenters. The maximum Gasteiger partial charge on any atom is 0.164 e. The van der Waals surface area contributed by atoms with Gasteiger partial charge >= 0.3 is 0 Å². The smallest absolute Gasteiger partial charge is 0.164 e. The fourth-order valence-electron chi connectivity index (χ4n) is 3.59. The molecule has 160 valence electrons. The molecule has 3 aromatic heterocycles. The lowest BCUT2D eigenvalue weighted by molar-refractivity contribution is 0.415. The number of nitrogens with two attached hydrogens (primary N) is 1. The van der Waals surface area contributed by atoms with E-state index >= 15 is 0 Å². The van der Waals surface area contributed by atoms with Crippen LogP contribution in [-0.2, 0) is 0 Å². The molecule has 0 saturated carbocycles. The molecule has 0 aliphatic rings. The molecular weight excluding hydrogens is 411 g/mol. The molecular formula is C22H19FN8O. The third kappa shape index (κ3) is 3.22. The zero-order valence-electron chi connectivity index (χ0n) is 17.3. The number of methoxy groups -OCH3 is 1. The Balaban J connectivity index is 1.62. The molecule has 1 unspecified atom stereocenters. The van der Waals surface area contributed by atoms with Crippen LogP contribution in [-0.4, -0.2) is 41.9 Å². The maximum atomic E-state index is 14.2. The number of para-hydroxylation sites is 1. The number of aromatic nitrogens is 7. The first kappa shape index (κ1) is 19.6. The van der Waals surface area contributed by atoms with Gasteiger partial charge in [-0.15, -0.1) is 5.10 Å². The third-order valence-corrected chi connectivity index (χ3v) is 5.27. The van der Waals surface area contributed by atoms with E-state index in [0.717, 1.165) is 5.56 Å². The van der Waals surface area contributed by atoms with Crippen LogP contribution in [0.4, 0.5) is 10.2 Å². The number of halogens is 1. The number of nitrogens with zero attached hydrogens (tertiary/aromatic N) is 7. The summed E-state index contributed by atoms with van der Waals surface area (Å²) in [6.07, 6.45) is 3.07. The highest BCUT2D eigenvalue weighted by atomic mass is 19.1. The van der Waals surface area contributed by atoms with E-state index in [2.05, 4.69) is 20.3 Å². The van der Waals surface area contributed by atoms with Crippen molar-refractivity contribution < 1.29 is 9.13 Å². The number of hydrogen-bond acceptors (Lipinski definition) is 7.